The van der Waals surface area contributed by atoms with E-state index in [0.29, 0.717) is 11.3 Å². The predicted molar refractivity (Wildman–Crippen MR) is 91.7 cm³/mol. The highest BCUT2D eigenvalue weighted by molar-refractivity contribution is 5.32. The Bertz CT molecular complexity index is 477. The van der Waals surface area contributed by atoms with Crippen LogP contribution in [0.3, 0.4) is 0 Å². The highest BCUT2D eigenvalue weighted by Crippen LogP contribution is 2.24. The van der Waals surface area contributed by atoms with Crippen LogP contribution in [0.5, 0.6) is 0 Å². The minimum Gasteiger partial charge on any atom is -0.315 e. The predicted octanol–water partition coefficient (Wildman–Crippen LogP) is 4.84. The molecule has 0 radical (unpaired) electrons. The first-order chi connectivity index (χ1) is 10.1. The van der Waals surface area contributed by atoms with Crippen molar-refractivity contribution in [2.45, 2.75) is 33.1 Å². The van der Waals surface area contributed by atoms with Crippen LogP contribution in [0.1, 0.15) is 44.2 Å². The summed E-state index contributed by atoms with van der Waals surface area (Å²) in [4.78, 5) is 0. The molecule has 0 heterocycles. The molecule has 0 saturated heterocycles. The van der Waals surface area contributed by atoms with Gasteiger partial charge in [-0.05, 0) is 23.0 Å². The van der Waals surface area contributed by atoms with Crippen molar-refractivity contribution in [2.75, 3.05) is 13.1 Å². The summed E-state index contributed by atoms with van der Waals surface area (Å²) in [5.74, 6) is 0.417. The maximum absolute atomic E-state index is 3.67. The second-order valence-electron chi connectivity index (χ2n) is 6.52. The monoisotopic (exact) mass is 281 g/mol. The molecule has 0 bridgehead atoms. The van der Waals surface area contributed by atoms with Crippen LogP contribution in [-0.4, -0.2) is 13.1 Å². The molecule has 1 N–H and O–H groups in total. The van der Waals surface area contributed by atoms with Crippen LogP contribution in [0.4, 0.5) is 0 Å². The Hall–Kier alpha value is -1.60. The van der Waals surface area contributed by atoms with Gasteiger partial charge in [-0.2, -0.15) is 0 Å². The molecule has 0 aliphatic rings. The fourth-order valence-electron chi connectivity index (χ4n) is 2.48. The van der Waals surface area contributed by atoms with Crippen molar-refractivity contribution >= 4 is 0 Å². The molecule has 0 atom stereocenters. The molecule has 0 amide bonds. The van der Waals surface area contributed by atoms with Gasteiger partial charge in [0.25, 0.3) is 0 Å². The number of benzene rings is 2. The zero-order chi connectivity index (χ0) is 15.1. The lowest BCUT2D eigenvalue weighted by atomic mass is 9.88. The molecular formula is C20H27N. The SMILES string of the molecule is CCC(C)(C)CNCC(c1ccccc1)c1ccccc1. The van der Waals surface area contributed by atoms with Crippen molar-refractivity contribution < 1.29 is 0 Å². The molecular weight excluding hydrogens is 254 g/mol. The quantitative estimate of drug-likeness (QED) is 0.765. The summed E-state index contributed by atoms with van der Waals surface area (Å²) in [7, 11) is 0. The molecule has 0 aliphatic carbocycles. The molecule has 1 heteroatoms. The van der Waals surface area contributed by atoms with Gasteiger partial charge in [0.2, 0.25) is 0 Å². The van der Waals surface area contributed by atoms with E-state index in [0.717, 1.165) is 13.1 Å². The lowest BCUT2D eigenvalue weighted by Gasteiger charge is -2.25. The number of hydrogen-bond acceptors (Lipinski definition) is 1. The first-order valence-corrected chi connectivity index (χ1v) is 7.93. The van der Waals surface area contributed by atoms with Crippen LogP contribution < -0.4 is 5.32 Å². The van der Waals surface area contributed by atoms with E-state index in [2.05, 4.69) is 86.8 Å². The molecule has 2 aromatic carbocycles. The summed E-state index contributed by atoms with van der Waals surface area (Å²) in [6, 6.07) is 21.6. The van der Waals surface area contributed by atoms with E-state index in [9.17, 15) is 0 Å². The van der Waals surface area contributed by atoms with Gasteiger partial charge in [0.05, 0.1) is 0 Å². The van der Waals surface area contributed by atoms with Crippen molar-refractivity contribution in [1.82, 2.24) is 5.32 Å². The maximum atomic E-state index is 3.67. The van der Waals surface area contributed by atoms with Gasteiger partial charge in [0, 0.05) is 19.0 Å². The van der Waals surface area contributed by atoms with Gasteiger partial charge in [0.15, 0.2) is 0 Å². The molecule has 21 heavy (non-hydrogen) atoms. The standard InChI is InChI=1S/C20H27N/c1-4-20(2,3)16-21-15-19(17-11-7-5-8-12-17)18-13-9-6-10-14-18/h5-14,19,21H,4,15-16H2,1-3H3. The Morgan fingerprint density at radius 1 is 0.857 bits per heavy atom. The minimum atomic E-state index is 0.359. The van der Waals surface area contributed by atoms with E-state index < -0.39 is 0 Å². The largest absolute Gasteiger partial charge is 0.315 e. The van der Waals surface area contributed by atoms with Gasteiger partial charge in [-0.3, -0.25) is 0 Å². The smallest absolute Gasteiger partial charge is 0.0214 e. The topological polar surface area (TPSA) is 12.0 Å². The minimum absolute atomic E-state index is 0.359. The van der Waals surface area contributed by atoms with Crippen LogP contribution in [0.15, 0.2) is 60.7 Å². The summed E-state index contributed by atoms with van der Waals surface area (Å²) in [6.07, 6.45) is 1.20. The first-order valence-electron chi connectivity index (χ1n) is 7.93. The van der Waals surface area contributed by atoms with Crippen molar-refractivity contribution in [3.05, 3.63) is 71.8 Å². The van der Waals surface area contributed by atoms with Crippen molar-refractivity contribution in [3.63, 3.8) is 0 Å². The zero-order valence-electron chi connectivity index (χ0n) is 13.5. The molecule has 2 aromatic rings. The lowest BCUT2D eigenvalue weighted by molar-refractivity contribution is 0.327. The van der Waals surface area contributed by atoms with Crippen LogP contribution in [0.25, 0.3) is 0 Å². The Labute approximate surface area is 129 Å². The summed E-state index contributed by atoms with van der Waals surface area (Å²) < 4.78 is 0. The molecule has 0 aliphatic heterocycles. The summed E-state index contributed by atoms with van der Waals surface area (Å²) in [6.45, 7) is 8.94. The Balaban J connectivity index is 2.11. The van der Waals surface area contributed by atoms with Gasteiger partial charge < -0.3 is 5.32 Å². The Kier molecular flexibility index (Phi) is 5.58. The molecule has 112 valence electrons. The third kappa shape index (κ3) is 4.71. The van der Waals surface area contributed by atoms with Gasteiger partial charge >= 0.3 is 0 Å². The fraction of sp³-hybridized carbons (Fsp3) is 0.400. The number of hydrogen-bond donors (Lipinski definition) is 1. The molecule has 1 nitrogen and oxygen atoms in total. The Morgan fingerprint density at radius 2 is 1.33 bits per heavy atom. The summed E-state index contributed by atoms with van der Waals surface area (Å²) in [5, 5.41) is 3.67. The van der Waals surface area contributed by atoms with Crippen molar-refractivity contribution in [1.29, 1.82) is 0 Å². The number of nitrogens with one attached hydrogen (secondary N) is 1. The van der Waals surface area contributed by atoms with Gasteiger partial charge in [0.1, 0.15) is 0 Å². The molecule has 0 spiro atoms. The summed E-state index contributed by atoms with van der Waals surface area (Å²) >= 11 is 0. The van der Waals surface area contributed by atoms with Gasteiger partial charge in [-0.1, -0.05) is 81.4 Å². The second kappa shape index (κ2) is 7.42. The molecule has 0 fully saturated rings. The van der Waals surface area contributed by atoms with E-state index in [1.54, 1.807) is 0 Å². The van der Waals surface area contributed by atoms with E-state index in [1.165, 1.54) is 17.5 Å². The Morgan fingerprint density at radius 3 is 1.76 bits per heavy atom. The average Bonchev–Trinajstić information content (AvgIpc) is 2.53. The van der Waals surface area contributed by atoms with E-state index >= 15 is 0 Å². The van der Waals surface area contributed by atoms with Gasteiger partial charge in [-0.25, -0.2) is 0 Å². The second-order valence-corrected chi connectivity index (χ2v) is 6.52. The third-order valence-corrected chi connectivity index (χ3v) is 4.31. The van der Waals surface area contributed by atoms with E-state index in [4.69, 9.17) is 0 Å². The van der Waals surface area contributed by atoms with Crippen molar-refractivity contribution in [3.8, 4) is 0 Å². The normalized spacial score (nSPS) is 11.8. The maximum Gasteiger partial charge on any atom is 0.0214 e. The molecule has 0 aromatic heterocycles. The van der Waals surface area contributed by atoms with Crippen LogP contribution in [0, 0.1) is 5.41 Å². The molecule has 0 saturated carbocycles. The van der Waals surface area contributed by atoms with Crippen molar-refractivity contribution in [2.24, 2.45) is 5.41 Å². The summed E-state index contributed by atoms with van der Waals surface area (Å²) in [5.41, 5.74) is 3.12. The molecule has 2 rings (SSSR count). The highest BCUT2D eigenvalue weighted by atomic mass is 14.9. The van der Waals surface area contributed by atoms with E-state index in [-0.39, 0.29) is 0 Å². The lowest BCUT2D eigenvalue weighted by Crippen LogP contribution is -2.32. The zero-order valence-corrected chi connectivity index (χ0v) is 13.5. The first kappa shape index (κ1) is 15.8. The van der Waals surface area contributed by atoms with Gasteiger partial charge in [-0.15, -0.1) is 0 Å². The highest BCUT2D eigenvalue weighted by Gasteiger charge is 2.17. The number of rotatable bonds is 7. The van der Waals surface area contributed by atoms with Crippen LogP contribution >= 0.6 is 0 Å². The fourth-order valence-corrected chi connectivity index (χ4v) is 2.48. The third-order valence-electron chi connectivity index (χ3n) is 4.31. The molecule has 0 unspecified atom stereocenters. The van der Waals surface area contributed by atoms with E-state index in [1.807, 2.05) is 0 Å². The van der Waals surface area contributed by atoms with Crippen LogP contribution in [-0.2, 0) is 0 Å². The van der Waals surface area contributed by atoms with Crippen LogP contribution in [0.2, 0.25) is 0 Å². The average molecular weight is 281 g/mol.